The van der Waals surface area contributed by atoms with Crippen molar-refractivity contribution in [3.8, 4) is 0 Å². The van der Waals surface area contributed by atoms with Crippen LogP contribution in [0.2, 0.25) is 0 Å². The van der Waals surface area contributed by atoms with Gasteiger partial charge in [-0.05, 0) is 32.6 Å². The van der Waals surface area contributed by atoms with Crippen LogP contribution in [0, 0.1) is 5.92 Å². The fourth-order valence-corrected chi connectivity index (χ4v) is 2.13. The monoisotopic (exact) mass is 243 g/mol. The van der Waals surface area contributed by atoms with Crippen molar-refractivity contribution in [1.82, 2.24) is 5.32 Å². The Labute approximate surface area is 104 Å². The molecule has 4 heteroatoms. The lowest BCUT2D eigenvalue weighted by Gasteiger charge is -2.33. The lowest BCUT2D eigenvalue weighted by atomic mass is 9.95. The molecule has 1 N–H and O–H groups in total. The van der Waals surface area contributed by atoms with Gasteiger partial charge < -0.3 is 14.8 Å². The molecule has 0 amide bonds. The molecule has 4 nitrogen and oxygen atoms in total. The number of hydrogen-bond donors (Lipinski definition) is 1. The van der Waals surface area contributed by atoms with Crippen LogP contribution in [0.15, 0.2) is 0 Å². The molecular formula is C13H25NO3. The minimum absolute atomic E-state index is 0.167. The molecular weight excluding hydrogens is 218 g/mol. The van der Waals surface area contributed by atoms with Gasteiger partial charge in [-0.15, -0.1) is 0 Å². The van der Waals surface area contributed by atoms with Gasteiger partial charge in [0.15, 0.2) is 0 Å². The second kappa shape index (κ2) is 6.97. The fraction of sp³-hybridized carbons (Fsp3) is 0.923. The van der Waals surface area contributed by atoms with Crippen LogP contribution in [0.25, 0.3) is 0 Å². The maximum Gasteiger partial charge on any atom is 0.322 e. The molecule has 0 aromatic heterocycles. The predicted octanol–water partition coefficient (Wildman–Crippen LogP) is 1.73. The number of ether oxygens (including phenoxy) is 2. The molecule has 100 valence electrons. The summed E-state index contributed by atoms with van der Waals surface area (Å²) in [6, 6.07) is 0.126. The summed E-state index contributed by atoms with van der Waals surface area (Å²) >= 11 is 0. The van der Waals surface area contributed by atoms with E-state index in [9.17, 15) is 4.79 Å². The summed E-state index contributed by atoms with van der Waals surface area (Å²) in [6.07, 6.45) is 2.24. The third kappa shape index (κ3) is 4.64. The molecule has 1 heterocycles. The zero-order valence-electron chi connectivity index (χ0n) is 11.4. The fourth-order valence-electron chi connectivity index (χ4n) is 2.13. The Hall–Kier alpha value is -0.610. The van der Waals surface area contributed by atoms with E-state index in [1.54, 1.807) is 0 Å². The van der Waals surface area contributed by atoms with Gasteiger partial charge in [0.05, 0.1) is 12.7 Å². The number of nitrogens with one attached hydrogen (secondary N) is 1. The molecule has 0 saturated carbocycles. The van der Waals surface area contributed by atoms with Gasteiger partial charge in [-0.2, -0.15) is 0 Å². The van der Waals surface area contributed by atoms with E-state index in [0.717, 1.165) is 19.4 Å². The van der Waals surface area contributed by atoms with Gasteiger partial charge in [-0.1, -0.05) is 13.8 Å². The molecule has 3 atom stereocenters. The molecule has 1 fully saturated rings. The maximum atomic E-state index is 11.5. The van der Waals surface area contributed by atoms with Crippen molar-refractivity contribution in [1.29, 1.82) is 0 Å². The van der Waals surface area contributed by atoms with Crippen LogP contribution in [-0.2, 0) is 14.3 Å². The molecule has 0 bridgehead atoms. The van der Waals surface area contributed by atoms with Crippen molar-refractivity contribution >= 4 is 5.97 Å². The Kier molecular flexibility index (Phi) is 5.92. The van der Waals surface area contributed by atoms with Gasteiger partial charge in [-0.3, -0.25) is 4.79 Å². The van der Waals surface area contributed by atoms with E-state index >= 15 is 0 Å². The summed E-state index contributed by atoms with van der Waals surface area (Å²) in [4.78, 5) is 11.5. The summed E-state index contributed by atoms with van der Waals surface area (Å²) in [5.41, 5.74) is 0. The van der Waals surface area contributed by atoms with Gasteiger partial charge in [0.1, 0.15) is 6.04 Å². The topological polar surface area (TPSA) is 47.6 Å². The third-order valence-electron chi connectivity index (χ3n) is 3.18. The molecule has 0 radical (unpaired) electrons. The van der Waals surface area contributed by atoms with Crippen molar-refractivity contribution < 1.29 is 14.3 Å². The first-order valence-corrected chi connectivity index (χ1v) is 6.58. The van der Waals surface area contributed by atoms with Gasteiger partial charge in [0.25, 0.3) is 0 Å². The number of rotatable bonds is 5. The molecule has 3 unspecified atom stereocenters. The van der Waals surface area contributed by atoms with E-state index in [-0.39, 0.29) is 12.0 Å². The average Bonchev–Trinajstić information content (AvgIpc) is 2.29. The summed E-state index contributed by atoms with van der Waals surface area (Å²) in [6.45, 7) is 9.23. The highest BCUT2D eigenvalue weighted by molar-refractivity contribution is 5.75. The summed E-state index contributed by atoms with van der Waals surface area (Å²) < 4.78 is 10.7. The van der Waals surface area contributed by atoms with E-state index in [0.29, 0.717) is 24.7 Å². The van der Waals surface area contributed by atoms with Crippen LogP contribution in [-0.4, -0.2) is 37.4 Å². The van der Waals surface area contributed by atoms with Crippen LogP contribution in [0.4, 0.5) is 0 Å². The van der Waals surface area contributed by atoms with E-state index in [1.807, 2.05) is 13.8 Å². The second-order valence-electron chi connectivity index (χ2n) is 5.01. The van der Waals surface area contributed by atoms with E-state index in [1.165, 1.54) is 0 Å². The molecule has 0 aromatic rings. The van der Waals surface area contributed by atoms with Gasteiger partial charge in [-0.25, -0.2) is 0 Å². The van der Waals surface area contributed by atoms with Crippen LogP contribution in [0.3, 0.4) is 0 Å². The molecule has 1 rings (SSSR count). The number of carbonyl (C=O) groups is 1. The highest BCUT2D eigenvalue weighted by Crippen LogP contribution is 2.20. The third-order valence-corrected chi connectivity index (χ3v) is 3.18. The van der Waals surface area contributed by atoms with Crippen molar-refractivity contribution in [3.63, 3.8) is 0 Å². The predicted molar refractivity (Wildman–Crippen MR) is 66.8 cm³/mol. The van der Waals surface area contributed by atoms with Crippen molar-refractivity contribution in [2.75, 3.05) is 13.2 Å². The lowest BCUT2D eigenvalue weighted by Crippen LogP contribution is -2.47. The molecule has 0 aromatic carbocycles. The maximum absolute atomic E-state index is 11.5. The Morgan fingerprint density at radius 1 is 1.47 bits per heavy atom. The molecule has 1 aliphatic heterocycles. The number of esters is 1. The van der Waals surface area contributed by atoms with Gasteiger partial charge in [0.2, 0.25) is 0 Å². The Morgan fingerprint density at radius 2 is 2.18 bits per heavy atom. The quantitative estimate of drug-likeness (QED) is 0.747. The molecule has 0 aliphatic carbocycles. The summed E-state index contributed by atoms with van der Waals surface area (Å²) in [7, 11) is 0. The largest absolute Gasteiger partial charge is 0.465 e. The Balaban J connectivity index is 2.37. The first kappa shape index (κ1) is 14.5. The first-order valence-electron chi connectivity index (χ1n) is 6.58. The summed E-state index contributed by atoms with van der Waals surface area (Å²) in [5, 5.41) is 3.33. The average molecular weight is 243 g/mol. The highest BCUT2D eigenvalue weighted by Gasteiger charge is 2.27. The van der Waals surface area contributed by atoms with Crippen LogP contribution in [0.5, 0.6) is 0 Å². The highest BCUT2D eigenvalue weighted by atomic mass is 16.5. The van der Waals surface area contributed by atoms with Crippen LogP contribution < -0.4 is 5.32 Å². The molecule has 1 saturated heterocycles. The van der Waals surface area contributed by atoms with Gasteiger partial charge in [0, 0.05) is 12.6 Å². The second-order valence-corrected chi connectivity index (χ2v) is 5.01. The minimum atomic E-state index is -0.231. The first-order chi connectivity index (χ1) is 8.04. The van der Waals surface area contributed by atoms with Gasteiger partial charge >= 0.3 is 5.97 Å². The summed E-state index contributed by atoms with van der Waals surface area (Å²) in [5.74, 6) is 0.359. The SMILES string of the molecule is CCOC(=O)C(C)NC1CCOC(C(C)C)C1. The van der Waals surface area contributed by atoms with E-state index in [4.69, 9.17) is 9.47 Å². The minimum Gasteiger partial charge on any atom is -0.465 e. The van der Waals surface area contributed by atoms with E-state index < -0.39 is 0 Å². The van der Waals surface area contributed by atoms with Crippen LogP contribution >= 0.6 is 0 Å². The zero-order chi connectivity index (χ0) is 12.8. The molecule has 17 heavy (non-hydrogen) atoms. The number of carbonyl (C=O) groups excluding carboxylic acids is 1. The van der Waals surface area contributed by atoms with Crippen molar-refractivity contribution in [3.05, 3.63) is 0 Å². The van der Waals surface area contributed by atoms with Crippen molar-refractivity contribution in [2.24, 2.45) is 5.92 Å². The Morgan fingerprint density at radius 3 is 2.76 bits per heavy atom. The zero-order valence-corrected chi connectivity index (χ0v) is 11.4. The molecule has 1 aliphatic rings. The van der Waals surface area contributed by atoms with Crippen LogP contribution in [0.1, 0.15) is 40.5 Å². The standard InChI is InChI=1S/C13H25NO3/c1-5-16-13(15)10(4)14-11-6-7-17-12(8-11)9(2)3/h9-12,14H,5-8H2,1-4H3. The smallest absolute Gasteiger partial charge is 0.322 e. The van der Waals surface area contributed by atoms with E-state index in [2.05, 4.69) is 19.2 Å². The Bertz CT molecular complexity index is 243. The number of hydrogen-bond acceptors (Lipinski definition) is 4. The van der Waals surface area contributed by atoms with Crippen molar-refractivity contribution in [2.45, 2.75) is 58.7 Å². The lowest BCUT2D eigenvalue weighted by molar-refractivity contribution is -0.145. The normalized spacial score (nSPS) is 26.9. The molecule has 0 spiro atoms.